The van der Waals surface area contributed by atoms with Gasteiger partial charge in [-0.15, -0.1) is 0 Å². The maximum absolute atomic E-state index is 9.54. The number of hydrogen-bond acceptors (Lipinski definition) is 2. The van der Waals surface area contributed by atoms with Crippen molar-refractivity contribution in [3.05, 3.63) is 97.4 Å². The summed E-state index contributed by atoms with van der Waals surface area (Å²) in [6.07, 6.45) is 1.75. The molecule has 0 aliphatic heterocycles. The fourth-order valence-corrected chi connectivity index (χ4v) is 3.51. The van der Waals surface area contributed by atoms with Crippen molar-refractivity contribution in [3.8, 4) is 11.8 Å². The Morgan fingerprint density at radius 1 is 0.893 bits per heavy atom. The van der Waals surface area contributed by atoms with Crippen LogP contribution in [0.25, 0.3) is 11.6 Å². The molecule has 3 aromatic carbocycles. The minimum absolute atomic E-state index is 0.303. The number of benzene rings is 3. The molecule has 0 spiro atoms. The lowest BCUT2D eigenvalue weighted by Gasteiger charge is -2.09. The standard InChI is InChI=1S/C22H13Cl4NO/c23-17-5-4-15(21(25)10-17)13-28-19-3-1-2-14(9-19)8-16(12-27)20-7-6-18(24)11-22(20)26/h1-11H,13H2/b16-8+. The minimum Gasteiger partial charge on any atom is -0.489 e. The number of allylic oxidation sites excluding steroid dienone is 1. The van der Waals surface area contributed by atoms with Crippen LogP contribution in [-0.2, 0) is 6.61 Å². The molecule has 0 radical (unpaired) electrons. The fourth-order valence-electron chi connectivity index (χ4n) is 2.54. The molecule has 0 atom stereocenters. The molecule has 2 nitrogen and oxygen atoms in total. The molecule has 0 unspecified atom stereocenters. The maximum atomic E-state index is 9.54. The zero-order valence-electron chi connectivity index (χ0n) is 14.4. The van der Waals surface area contributed by atoms with Gasteiger partial charge in [0.15, 0.2) is 0 Å². The predicted molar refractivity (Wildman–Crippen MR) is 117 cm³/mol. The molecule has 0 fully saturated rings. The monoisotopic (exact) mass is 447 g/mol. The first-order chi connectivity index (χ1) is 13.5. The SMILES string of the molecule is N#C/C(=C\c1cccc(OCc2ccc(Cl)cc2Cl)c1)c1ccc(Cl)cc1Cl. The van der Waals surface area contributed by atoms with Gasteiger partial charge in [0.1, 0.15) is 12.4 Å². The first-order valence-electron chi connectivity index (χ1n) is 8.20. The van der Waals surface area contributed by atoms with Gasteiger partial charge in [0.2, 0.25) is 0 Å². The van der Waals surface area contributed by atoms with E-state index in [1.807, 2.05) is 30.3 Å². The highest BCUT2D eigenvalue weighted by molar-refractivity contribution is 6.36. The molecule has 28 heavy (non-hydrogen) atoms. The van der Waals surface area contributed by atoms with Crippen molar-refractivity contribution in [1.29, 1.82) is 5.26 Å². The van der Waals surface area contributed by atoms with E-state index < -0.39 is 0 Å². The van der Waals surface area contributed by atoms with Crippen LogP contribution in [0.5, 0.6) is 5.75 Å². The van der Waals surface area contributed by atoms with Gasteiger partial charge in [0, 0.05) is 26.2 Å². The number of nitriles is 1. The fraction of sp³-hybridized carbons (Fsp3) is 0.0455. The third kappa shape index (κ3) is 5.22. The van der Waals surface area contributed by atoms with E-state index in [1.165, 1.54) is 0 Å². The topological polar surface area (TPSA) is 33.0 Å². The van der Waals surface area contributed by atoms with Crippen LogP contribution in [0.1, 0.15) is 16.7 Å². The largest absolute Gasteiger partial charge is 0.489 e. The van der Waals surface area contributed by atoms with Crippen molar-refractivity contribution in [2.24, 2.45) is 0 Å². The van der Waals surface area contributed by atoms with Gasteiger partial charge in [-0.05, 0) is 48.0 Å². The van der Waals surface area contributed by atoms with Crippen molar-refractivity contribution < 1.29 is 4.74 Å². The van der Waals surface area contributed by atoms with E-state index in [-0.39, 0.29) is 0 Å². The van der Waals surface area contributed by atoms with Crippen molar-refractivity contribution >= 4 is 58.1 Å². The molecule has 0 N–H and O–H groups in total. The molecule has 0 saturated heterocycles. The summed E-state index contributed by atoms with van der Waals surface area (Å²) in [6, 6.07) is 19.9. The van der Waals surface area contributed by atoms with Crippen LogP contribution in [0, 0.1) is 11.3 Å². The Bertz CT molecular complexity index is 1090. The van der Waals surface area contributed by atoms with Gasteiger partial charge in [-0.2, -0.15) is 5.26 Å². The second-order valence-corrected chi connectivity index (χ2v) is 7.58. The lowest BCUT2D eigenvalue weighted by atomic mass is 10.0. The van der Waals surface area contributed by atoms with E-state index >= 15 is 0 Å². The Hall–Kier alpha value is -2.15. The summed E-state index contributed by atoms with van der Waals surface area (Å²) in [5.74, 6) is 0.652. The Labute approximate surface area is 183 Å². The molecule has 0 amide bonds. The molecule has 0 aromatic heterocycles. The van der Waals surface area contributed by atoms with E-state index in [2.05, 4.69) is 6.07 Å². The third-order valence-corrected chi connectivity index (χ3v) is 5.06. The first-order valence-corrected chi connectivity index (χ1v) is 9.71. The summed E-state index contributed by atoms with van der Waals surface area (Å²) in [4.78, 5) is 0. The second kappa shape index (κ2) is 9.37. The Morgan fingerprint density at radius 3 is 2.29 bits per heavy atom. The zero-order chi connectivity index (χ0) is 20.1. The quantitative estimate of drug-likeness (QED) is 0.293. The number of ether oxygens (including phenoxy) is 1. The van der Waals surface area contributed by atoms with Crippen molar-refractivity contribution in [1.82, 2.24) is 0 Å². The molecule has 6 heteroatoms. The van der Waals surface area contributed by atoms with Gasteiger partial charge < -0.3 is 4.74 Å². The van der Waals surface area contributed by atoms with Crippen LogP contribution >= 0.6 is 46.4 Å². The first kappa shape index (κ1) is 20.6. The van der Waals surface area contributed by atoms with Crippen LogP contribution < -0.4 is 4.74 Å². The number of rotatable bonds is 5. The van der Waals surface area contributed by atoms with Crippen molar-refractivity contribution in [2.75, 3.05) is 0 Å². The van der Waals surface area contributed by atoms with E-state index in [0.29, 0.717) is 43.6 Å². The van der Waals surface area contributed by atoms with Gasteiger partial charge in [-0.1, -0.05) is 70.7 Å². The average Bonchev–Trinajstić information content (AvgIpc) is 2.66. The van der Waals surface area contributed by atoms with Gasteiger partial charge in [0.25, 0.3) is 0 Å². The maximum Gasteiger partial charge on any atom is 0.120 e. The summed E-state index contributed by atoms with van der Waals surface area (Å²) >= 11 is 24.2. The van der Waals surface area contributed by atoms with Gasteiger partial charge in [-0.25, -0.2) is 0 Å². The van der Waals surface area contributed by atoms with Crippen molar-refractivity contribution in [3.63, 3.8) is 0 Å². The number of nitrogens with zero attached hydrogens (tertiary/aromatic N) is 1. The summed E-state index contributed by atoms with van der Waals surface area (Å²) < 4.78 is 5.83. The number of hydrogen-bond donors (Lipinski definition) is 0. The highest BCUT2D eigenvalue weighted by Gasteiger charge is 2.08. The minimum atomic E-state index is 0.303. The Balaban J connectivity index is 1.82. The average molecular weight is 449 g/mol. The molecule has 0 aliphatic rings. The lowest BCUT2D eigenvalue weighted by Crippen LogP contribution is -1.96. The molecule has 140 valence electrons. The molecular formula is C22H13Cl4NO. The molecule has 0 bridgehead atoms. The Morgan fingerprint density at radius 2 is 1.61 bits per heavy atom. The molecule has 3 rings (SSSR count). The van der Waals surface area contributed by atoms with E-state index in [0.717, 1.165) is 11.1 Å². The van der Waals surface area contributed by atoms with E-state index in [4.69, 9.17) is 51.1 Å². The molecule has 0 saturated carbocycles. The number of halogens is 4. The summed E-state index contributed by atoms with van der Waals surface area (Å²) in [5.41, 5.74) is 2.69. The van der Waals surface area contributed by atoms with E-state index in [9.17, 15) is 5.26 Å². The molecular weight excluding hydrogens is 436 g/mol. The normalized spacial score (nSPS) is 11.2. The lowest BCUT2D eigenvalue weighted by molar-refractivity contribution is 0.306. The van der Waals surface area contributed by atoms with Crippen LogP contribution in [0.15, 0.2) is 60.7 Å². The van der Waals surface area contributed by atoms with Gasteiger partial charge >= 0.3 is 0 Å². The zero-order valence-corrected chi connectivity index (χ0v) is 17.4. The third-order valence-electron chi connectivity index (χ3n) is 3.92. The van der Waals surface area contributed by atoms with E-state index in [1.54, 1.807) is 36.4 Å². The highest BCUT2D eigenvalue weighted by atomic mass is 35.5. The van der Waals surface area contributed by atoms with Crippen LogP contribution in [0.2, 0.25) is 20.1 Å². The Kier molecular flexibility index (Phi) is 6.88. The van der Waals surface area contributed by atoms with Gasteiger partial charge in [0.05, 0.1) is 16.7 Å². The van der Waals surface area contributed by atoms with Crippen LogP contribution in [0.3, 0.4) is 0 Å². The van der Waals surface area contributed by atoms with Crippen LogP contribution in [0.4, 0.5) is 0 Å². The second-order valence-electron chi connectivity index (χ2n) is 5.89. The summed E-state index contributed by atoms with van der Waals surface area (Å²) in [5, 5.41) is 11.6. The summed E-state index contributed by atoms with van der Waals surface area (Å²) in [6.45, 7) is 0.303. The smallest absolute Gasteiger partial charge is 0.120 e. The molecule has 0 aliphatic carbocycles. The van der Waals surface area contributed by atoms with Crippen LogP contribution in [-0.4, -0.2) is 0 Å². The highest BCUT2D eigenvalue weighted by Crippen LogP contribution is 2.29. The molecule has 3 aromatic rings. The van der Waals surface area contributed by atoms with Gasteiger partial charge in [-0.3, -0.25) is 0 Å². The molecule has 0 heterocycles. The predicted octanol–water partition coefficient (Wildman–Crippen LogP) is 7.94. The van der Waals surface area contributed by atoms with Crippen molar-refractivity contribution in [2.45, 2.75) is 6.61 Å². The summed E-state index contributed by atoms with van der Waals surface area (Å²) in [7, 11) is 0.